The third-order valence-corrected chi connectivity index (χ3v) is 4.34. The summed E-state index contributed by atoms with van der Waals surface area (Å²) in [6.45, 7) is 5.76. The number of nitrogens with zero attached hydrogens (tertiary/aromatic N) is 3. The maximum Gasteiger partial charge on any atom is 0.256 e. The molecular formula is C18H19ClN4O2. The van der Waals surface area contributed by atoms with Gasteiger partial charge < -0.3 is 10.4 Å². The second kappa shape index (κ2) is 6.46. The van der Waals surface area contributed by atoms with Gasteiger partial charge in [-0.3, -0.25) is 4.79 Å². The molecule has 2 aromatic heterocycles. The summed E-state index contributed by atoms with van der Waals surface area (Å²) < 4.78 is 1.51. The van der Waals surface area contributed by atoms with Crippen LogP contribution < -0.4 is 5.32 Å². The Kier molecular flexibility index (Phi) is 4.49. The van der Waals surface area contributed by atoms with E-state index in [0.717, 1.165) is 11.3 Å². The van der Waals surface area contributed by atoms with Crippen molar-refractivity contribution in [3.05, 3.63) is 58.4 Å². The van der Waals surface area contributed by atoms with Crippen LogP contribution in [0.3, 0.4) is 0 Å². The molecule has 7 heteroatoms. The number of carbonyl (C=O) groups excluding carboxylic acids is 1. The number of carbonyl (C=O) groups is 1. The molecular weight excluding hydrogens is 340 g/mol. The van der Waals surface area contributed by atoms with Crippen LogP contribution in [0.15, 0.2) is 36.4 Å². The van der Waals surface area contributed by atoms with Crippen LogP contribution in [0.4, 0.5) is 5.82 Å². The molecule has 6 nitrogen and oxygen atoms in total. The highest BCUT2D eigenvalue weighted by Crippen LogP contribution is 2.23. The molecule has 130 valence electrons. The topological polar surface area (TPSA) is 79.5 Å². The zero-order chi connectivity index (χ0) is 18.2. The number of hydrogen-bond donors (Lipinski definition) is 2. The van der Waals surface area contributed by atoms with Crippen molar-refractivity contribution in [2.75, 3.05) is 11.9 Å². The number of benzene rings is 1. The first kappa shape index (κ1) is 17.4. The summed E-state index contributed by atoms with van der Waals surface area (Å²) in [4.78, 5) is 16.8. The fourth-order valence-electron chi connectivity index (χ4n) is 2.47. The van der Waals surface area contributed by atoms with Crippen molar-refractivity contribution >= 4 is 29.0 Å². The summed E-state index contributed by atoms with van der Waals surface area (Å²) >= 11 is 6.18. The van der Waals surface area contributed by atoms with Crippen molar-refractivity contribution in [1.29, 1.82) is 0 Å². The quantitative estimate of drug-likeness (QED) is 0.702. The summed E-state index contributed by atoms with van der Waals surface area (Å²) in [6.07, 6.45) is 0. The smallest absolute Gasteiger partial charge is 0.256 e. The van der Waals surface area contributed by atoms with E-state index in [1.54, 1.807) is 24.3 Å². The monoisotopic (exact) mass is 358 g/mol. The van der Waals surface area contributed by atoms with Crippen molar-refractivity contribution in [3.63, 3.8) is 0 Å². The largest absolute Gasteiger partial charge is 0.395 e. The van der Waals surface area contributed by atoms with E-state index < -0.39 is 0 Å². The Morgan fingerprint density at radius 1 is 1.28 bits per heavy atom. The standard InChI is InChI=1S/C18H19ClN4O2/c1-11-8-16-20-15(9-14(19)23(16)22-11)21-17(25)12-4-6-13(7-5-12)18(2,3)10-24/h4-9,24H,10H2,1-3H3,(H,20,21,25). The molecule has 0 spiro atoms. The van der Waals surface area contributed by atoms with Crippen LogP contribution in [-0.4, -0.2) is 32.2 Å². The molecule has 0 aliphatic heterocycles. The molecule has 3 aromatic rings. The van der Waals surface area contributed by atoms with E-state index in [4.69, 9.17) is 11.6 Å². The Balaban J connectivity index is 1.82. The minimum absolute atomic E-state index is 0.0335. The molecule has 0 atom stereocenters. The molecule has 0 fully saturated rings. The van der Waals surface area contributed by atoms with E-state index in [0.29, 0.717) is 22.2 Å². The third-order valence-electron chi connectivity index (χ3n) is 4.07. The maximum atomic E-state index is 12.4. The fraction of sp³-hybridized carbons (Fsp3) is 0.278. The zero-order valence-electron chi connectivity index (χ0n) is 14.2. The van der Waals surface area contributed by atoms with Crippen LogP contribution in [0.1, 0.15) is 35.5 Å². The van der Waals surface area contributed by atoms with Crippen molar-refractivity contribution in [2.45, 2.75) is 26.2 Å². The molecule has 0 saturated carbocycles. The highest BCUT2D eigenvalue weighted by Gasteiger charge is 2.19. The third kappa shape index (κ3) is 3.50. The number of anilines is 1. The highest BCUT2D eigenvalue weighted by molar-refractivity contribution is 6.30. The number of aromatic nitrogens is 3. The predicted molar refractivity (Wildman–Crippen MR) is 97.2 cm³/mol. The summed E-state index contributed by atoms with van der Waals surface area (Å²) in [5.41, 5.74) is 2.47. The predicted octanol–water partition coefficient (Wildman–Crippen LogP) is 3.21. The Labute approximate surface area is 150 Å². The Bertz CT molecular complexity index is 932. The average molecular weight is 359 g/mol. The number of aliphatic hydroxyl groups is 1. The summed E-state index contributed by atoms with van der Waals surface area (Å²) in [5, 5.41) is 16.8. The number of hydrogen-bond acceptors (Lipinski definition) is 4. The molecule has 0 unspecified atom stereocenters. The van der Waals surface area contributed by atoms with Gasteiger partial charge in [0.25, 0.3) is 5.91 Å². The Morgan fingerprint density at radius 2 is 1.96 bits per heavy atom. The van der Waals surface area contributed by atoms with Crippen molar-refractivity contribution in [1.82, 2.24) is 14.6 Å². The van der Waals surface area contributed by atoms with Gasteiger partial charge in [-0.15, -0.1) is 0 Å². The normalized spacial score (nSPS) is 11.7. The van der Waals surface area contributed by atoms with Gasteiger partial charge >= 0.3 is 0 Å². The van der Waals surface area contributed by atoms with Crippen LogP contribution >= 0.6 is 11.6 Å². The number of rotatable bonds is 4. The highest BCUT2D eigenvalue weighted by atomic mass is 35.5. The minimum Gasteiger partial charge on any atom is -0.395 e. The number of nitrogens with one attached hydrogen (secondary N) is 1. The summed E-state index contributed by atoms with van der Waals surface area (Å²) in [5.74, 6) is 0.0830. The maximum absolute atomic E-state index is 12.4. The Hall–Kier alpha value is -2.44. The number of amides is 1. The second-order valence-corrected chi connectivity index (χ2v) is 6.98. The Morgan fingerprint density at radius 3 is 2.60 bits per heavy atom. The number of fused-ring (bicyclic) bond motifs is 1. The van der Waals surface area contributed by atoms with Gasteiger partial charge in [0.05, 0.1) is 12.3 Å². The average Bonchev–Trinajstić information content (AvgIpc) is 2.96. The lowest BCUT2D eigenvalue weighted by molar-refractivity contribution is 0.102. The molecule has 2 N–H and O–H groups in total. The lowest BCUT2D eigenvalue weighted by Gasteiger charge is -2.22. The second-order valence-electron chi connectivity index (χ2n) is 6.59. The summed E-state index contributed by atoms with van der Waals surface area (Å²) in [7, 11) is 0. The van der Waals surface area contributed by atoms with Gasteiger partial charge in [-0.2, -0.15) is 5.10 Å². The SMILES string of the molecule is Cc1cc2nc(NC(=O)c3ccc(C(C)(C)CO)cc3)cc(Cl)n2n1. The molecule has 0 aliphatic carbocycles. The van der Waals surface area contributed by atoms with Crippen LogP contribution in [0.2, 0.25) is 5.15 Å². The number of halogens is 1. The molecule has 25 heavy (non-hydrogen) atoms. The van der Waals surface area contributed by atoms with E-state index >= 15 is 0 Å². The molecule has 0 saturated heterocycles. The van der Waals surface area contributed by atoms with E-state index in [-0.39, 0.29) is 17.9 Å². The van der Waals surface area contributed by atoms with E-state index in [1.807, 2.05) is 32.9 Å². The number of aliphatic hydroxyl groups excluding tert-OH is 1. The lowest BCUT2D eigenvalue weighted by atomic mass is 9.85. The molecule has 3 rings (SSSR count). The van der Waals surface area contributed by atoms with Gasteiger partial charge in [0, 0.05) is 23.1 Å². The molecule has 0 aliphatic rings. The van der Waals surface area contributed by atoms with Crippen LogP contribution in [0.25, 0.3) is 5.65 Å². The zero-order valence-corrected chi connectivity index (χ0v) is 15.0. The first-order chi connectivity index (χ1) is 11.8. The van der Waals surface area contributed by atoms with Crippen molar-refractivity contribution in [3.8, 4) is 0 Å². The first-order valence-corrected chi connectivity index (χ1v) is 8.23. The molecule has 2 heterocycles. The minimum atomic E-state index is -0.352. The lowest BCUT2D eigenvalue weighted by Crippen LogP contribution is -2.22. The first-order valence-electron chi connectivity index (χ1n) is 7.86. The molecule has 0 bridgehead atoms. The molecule has 0 radical (unpaired) electrons. The van der Waals surface area contributed by atoms with Crippen molar-refractivity contribution in [2.24, 2.45) is 0 Å². The van der Waals surface area contributed by atoms with Gasteiger partial charge in [-0.1, -0.05) is 37.6 Å². The van der Waals surface area contributed by atoms with E-state index in [9.17, 15) is 9.90 Å². The van der Waals surface area contributed by atoms with Gasteiger partial charge in [0.2, 0.25) is 0 Å². The van der Waals surface area contributed by atoms with Gasteiger partial charge in [0.1, 0.15) is 11.0 Å². The van der Waals surface area contributed by atoms with Gasteiger partial charge in [-0.25, -0.2) is 9.50 Å². The van der Waals surface area contributed by atoms with Crippen molar-refractivity contribution < 1.29 is 9.90 Å². The van der Waals surface area contributed by atoms with Crippen LogP contribution in [0, 0.1) is 6.92 Å². The molecule has 1 aromatic carbocycles. The number of aryl methyl sites for hydroxylation is 1. The van der Waals surface area contributed by atoms with Crippen LogP contribution in [0.5, 0.6) is 0 Å². The van der Waals surface area contributed by atoms with Gasteiger partial charge in [0.15, 0.2) is 5.65 Å². The fourth-order valence-corrected chi connectivity index (χ4v) is 2.70. The van der Waals surface area contributed by atoms with Gasteiger partial charge in [-0.05, 0) is 24.6 Å². The summed E-state index contributed by atoms with van der Waals surface area (Å²) in [6, 6.07) is 10.5. The van der Waals surface area contributed by atoms with E-state index in [1.165, 1.54) is 4.52 Å². The van der Waals surface area contributed by atoms with Crippen LogP contribution in [-0.2, 0) is 5.41 Å². The molecule has 1 amide bonds. The van der Waals surface area contributed by atoms with E-state index in [2.05, 4.69) is 15.4 Å².